The first kappa shape index (κ1) is 18.3. The highest BCUT2D eigenvalue weighted by Crippen LogP contribution is 2.31. The second kappa shape index (κ2) is 7.89. The molecule has 0 aliphatic carbocycles. The number of nitrogens with zero attached hydrogens (tertiary/aromatic N) is 1. The third kappa shape index (κ3) is 4.11. The number of fused-ring (bicyclic) bond motifs is 1. The Hall–Kier alpha value is -4.07. The van der Waals surface area contributed by atoms with Crippen molar-refractivity contribution in [1.82, 2.24) is 0 Å². The summed E-state index contributed by atoms with van der Waals surface area (Å²) in [7, 11) is 0. The summed E-state index contributed by atoms with van der Waals surface area (Å²) in [6.45, 7) is -0.263. The molecule has 0 spiro atoms. The zero-order chi connectivity index (χ0) is 20.2. The Morgan fingerprint density at radius 1 is 0.966 bits per heavy atom. The van der Waals surface area contributed by atoms with Gasteiger partial charge in [0.1, 0.15) is 12.3 Å². The number of furan rings is 1. The van der Waals surface area contributed by atoms with Gasteiger partial charge in [0.05, 0.1) is 12.0 Å². The van der Waals surface area contributed by atoms with Crippen LogP contribution in [-0.2, 0) is 9.59 Å². The highest BCUT2D eigenvalue weighted by atomic mass is 16.5. The lowest BCUT2D eigenvalue weighted by Crippen LogP contribution is -2.43. The van der Waals surface area contributed by atoms with Gasteiger partial charge in [-0.15, -0.1) is 0 Å². The molecule has 29 heavy (non-hydrogen) atoms. The number of benzene rings is 2. The summed E-state index contributed by atoms with van der Waals surface area (Å²) in [5, 5.41) is 5.43. The zero-order valence-electron chi connectivity index (χ0n) is 15.3. The van der Waals surface area contributed by atoms with E-state index in [-0.39, 0.29) is 30.7 Å². The summed E-state index contributed by atoms with van der Waals surface area (Å²) in [6, 6.07) is 16.9. The molecule has 0 fully saturated rings. The van der Waals surface area contributed by atoms with Crippen molar-refractivity contribution in [2.24, 2.45) is 0 Å². The fourth-order valence-corrected chi connectivity index (χ4v) is 2.95. The van der Waals surface area contributed by atoms with Gasteiger partial charge < -0.3 is 19.8 Å². The average molecular weight is 391 g/mol. The van der Waals surface area contributed by atoms with Crippen molar-refractivity contribution in [2.75, 3.05) is 28.7 Å². The lowest BCUT2D eigenvalue weighted by molar-refractivity contribution is -0.123. The summed E-state index contributed by atoms with van der Waals surface area (Å²) in [5.74, 6) is -0.316. The predicted molar refractivity (Wildman–Crippen MR) is 106 cm³/mol. The second-order valence-electron chi connectivity index (χ2n) is 6.30. The van der Waals surface area contributed by atoms with E-state index in [1.165, 1.54) is 11.2 Å². The minimum atomic E-state index is -0.394. The summed E-state index contributed by atoms with van der Waals surface area (Å²) in [5.41, 5.74) is 1.54. The molecule has 3 aromatic rings. The Morgan fingerprint density at radius 3 is 2.55 bits per heavy atom. The molecule has 2 aromatic carbocycles. The van der Waals surface area contributed by atoms with Crippen molar-refractivity contribution >= 4 is 34.8 Å². The number of hydrogen-bond donors (Lipinski definition) is 2. The molecule has 0 radical (unpaired) electrons. The first-order valence-electron chi connectivity index (χ1n) is 8.87. The van der Waals surface area contributed by atoms with E-state index in [1.54, 1.807) is 60.7 Å². The fourth-order valence-electron chi connectivity index (χ4n) is 2.95. The molecule has 8 heteroatoms. The minimum absolute atomic E-state index is 0.113. The molecular formula is C21H17N3O5. The zero-order valence-corrected chi connectivity index (χ0v) is 15.3. The van der Waals surface area contributed by atoms with Gasteiger partial charge in [0.2, 0.25) is 5.91 Å². The number of ether oxygens (including phenoxy) is 1. The number of carbonyl (C=O) groups excluding carboxylic acids is 3. The summed E-state index contributed by atoms with van der Waals surface area (Å²) in [6.07, 6.45) is 1.41. The van der Waals surface area contributed by atoms with Crippen LogP contribution in [0.4, 0.5) is 17.1 Å². The molecule has 1 aliphatic heterocycles. The van der Waals surface area contributed by atoms with E-state index in [9.17, 15) is 14.4 Å². The Morgan fingerprint density at radius 2 is 1.76 bits per heavy atom. The molecule has 8 nitrogen and oxygen atoms in total. The number of anilines is 3. The van der Waals surface area contributed by atoms with Crippen LogP contribution in [0.15, 0.2) is 71.3 Å². The maximum absolute atomic E-state index is 12.5. The van der Waals surface area contributed by atoms with Gasteiger partial charge in [-0.05, 0) is 42.5 Å². The maximum Gasteiger partial charge on any atom is 0.291 e. The number of para-hydroxylation sites is 2. The fraction of sp³-hybridized carbons (Fsp3) is 0.0952. The Labute approximate surface area is 166 Å². The SMILES string of the molecule is O=C(CN1C(=O)COc2ccccc21)Nc1cccc(NC(=O)c2ccco2)c1. The predicted octanol–water partition coefficient (Wildman–Crippen LogP) is 2.90. The maximum atomic E-state index is 12.5. The van der Waals surface area contributed by atoms with Gasteiger partial charge in [0.15, 0.2) is 12.4 Å². The standard InChI is InChI=1S/C21H17N3O5/c25-19(12-24-16-7-1-2-8-17(16)29-13-20(24)26)22-14-5-3-6-15(11-14)23-21(27)18-9-4-10-28-18/h1-11H,12-13H2,(H,22,25)(H,23,27). The molecule has 2 heterocycles. The van der Waals surface area contributed by atoms with E-state index in [0.717, 1.165) is 0 Å². The van der Waals surface area contributed by atoms with E-state index in [1.807, 2.05) is 0 Å². The van der Waals surface area contributed by atoms with Crippen LogP contribution >= 0.6 is 0 Å². The van der Waals surface area contributed by atoms with Gasteiger partial charge in [-0.25, -0.2) is 0 Å². The topological polar surface area (TPSA) is 101 Å². The molecule has 146 valence electrons. The molecule has 1 aromatic heterocycles. The largest absolute Gasteiger partial charge is 0.482 e. The normalized spacial score (nSPS) is 12.7. The van der Waals surface area contributed by atoms with E-state index in [0.29, 0.717) is 22.8 Å². The van der Waals surface area contributed by atoms with Gasteiger partial charge in [0.25, 0.3) is 11.8 Å². The van der Waals surface area contributed by atoms with Crippen molar-refractivity contribution in [3.63, 3.8) is 0 Å². The number of rotatable bonds is 5. The molecule has 0 bridgehead atoms. The van der Waals surface area contributed by atoms with Crippen LogP contribution in [0.1, 0.15) is 10.6 Å². The van der Waals surface area contributed by atoms with Crippen molar-refractivity contribution in [2.45, 2.75) is 0 Å². The van der Waals surface area contributed by atoms with E-state index in [2.05, 4.69) is 10.6 Å². The molecule has 0 saturated carbocycles. The number of amides is 3. The van der Waals surface area contributed by atoms with E-state index in [4.69, 9.17) is 9.15 Å². The van der Waals surface area contributed by atoms with Crippen molar-refractivity contribution < 1.29 is 23.5 Å². The highest BCUT2D eigenvalue weighted by molar-refractivity contribution is 6.05. The van der Waals surface area contributed by atoms with Gasteiger partial charge >= 0.3 is 0 Å². The average Bonchev–Trinajstić information content (AvgIpc) is 3.25. The Kier molecular flexibility index (Phi) is 4.98. The van der Waals surface area contributed by atoms with Crippen LogP contribution in [0, 0.1) is 0 Å². The van der Waals surface area contributed by atoms with Gasteiger partial charge in [-0.1, -0.05) is 18.2 Å². The minimum Gasteiger partial charge on any atom is -0.482 e. The molecule has 0 unspecified atom stereocenters. The Bertz CT molecular complexity index is 1060. The number of carbonyl (C=O) groups is 3. The van der Waals surface area contributed by atoms with Gasteiger partial charge in [-0.3, -0.25) is 19.3 Å². The molecule has 1 aliphatic rings. The quantitative estimate of drug-likeness (QED) is 0.697. The molecule has 3 amide bonds. The molecular weight excluding hydrogens is 374 g/mol. The number of nitrogens with one attached hydrogen (secondary N) is 2. The van der Waals surface area contributed by atoms with Crippen LogP contribution in [0.5, 0.6) is 5.75 Å². The first-order valence-corrected chi connectivity index (χ1v) is 8.87. The second-order valence-corrected chi connectivity index (χ2v) is 6.30. The highest BCUT2D eigenvalue weighted by Gasteiger charge is 2.27. The third-order valence-corrected chi connectivity index (χ3v) is 4.26. The summed E-state index contributed by atoms with van der Waals surface area (Å²) >= 11 is 0. The molecule has 0 saturated heterocycles. The van der Waals surface area contributed by atoms with E-state index >= 15 is 0 Å². The first-order chi connectivity index (χ1) is 14.1. The summed E-state index contributed by atoms with van der Waals surface area (Å²) in [4.78, 5) is 38.2. The summed E-state index contributed by atoms with van der Waals surface area (Å²) < 4.78 is 10.4. The van der Waals surface area contributed by atoms with Gasteiger partial charge in [-0.2, -0.15) is 0 Å². The molecule has 2 N–H and O–H groups in total. The monoisotopic (exact) mass is 391 g/mol. The van der Waals surface area contributed by atoms with Crippen LogP contribution < -0.4 is 20.3 Å². The van der Waals surface area contributed by atoms with Crippen LogP contribution in [0.25, 0.3) is 0 Å². The lowest BCUT2D eigenvalue weighted by atomic mass is 10.2. The Balaban J connectivity index is 1.43. The van der Waals surface area contributed by atoms with Crippen LogP contribution in [-0.4, -0.2) is 30.9 Å². The lowest BCUT2D eigenvalue weighted by Gasteiger charge is -2.28. The number of hydrogen-bond acceptors (Lipinski definition) is 5. The van der Waals surface area contributed by atoms with Crippen molar-refractivity contribution in [3.05, 3.63) is 72.7 Å². The smallest absolute Gasteiger partial charge is 0.291 e. The third-order valence-electron chi connectivity index (χ3n) is 4.26. The van der Waals surface area contributed by atoms with Crippen molar-refractivity contribution in [1.29, 1.82) is 0 Å². The molecule has 4 rings (SSSR count). The molecule has 0 atom stereocenters. The van der Waals surface area contributed by atoms with Crippen LogP contribution in [0.2, 0.25) is 0 Å². The van der Waals surface area contributed by atoms with Gasteiger partial charge in [0, 0.05) is 11.4 Å². The van der Waals surface area contributed by atoms with Crippen LogP contribution in [0.3, 0.4) is 0 Å². The van der Waals surface area contributed by atoms with Crippen molar-refractivity contribution in [3.8, 4) is 5.75 Å². The van der Waals surface area contributed by atoms with E-state index < -0.39 is 5.91 Å².